The number of carbonyl (C=O) groups is 1. The lowest BCUT2D eigenvalue weighted by Gasteiger charge is -2.21. The first-order valence-corrected chi connectivity index (χ1v) is 8.98. The van der Waals surface area contributed by atoms with Gasteiger partial charge in [-0.2, -0.15) is 28.3 Å². The molecule has 1 amide bonds. The average Bonchev–Trinajstić information content (AvgIpc) is 3.05. The third kappa shape index (κ3) is 3.75. The van der Waals surface area contributed by atoms with Crippen LogP contribution in [0.3, 0.4) is 0 Å². The summed E-state index contributed by atoms with van der Waals surface area (Å²) in [5, 5.41) is 10.8. The first-order valence-electron chi connectivity index (χ1n) is 8.17. The predicted molar refractivity (Wildman–Crippen MR) is 101 cm³/mol. The molecule has 142 valence electrons. The summed E-state index contributed by atoms with van der Waals surface area (Å²) < 4.78 is 38.5. The number of amidine groups is 2. The molecular weight excluding hydrogens is 379 g/mol. The molecule has 6 nitrogen and oxygen atoms in total. The van der Waals surface area contributed by atoms with Crippen molar-refractivity contribution in [2.24, 2.45) is 10.1 Å². The summed E-state index contributed by atoms with van der Waals surface area (Å²) >= 11 is 0.234. The third-order valence-electron chi connectivity index (χ3n) is 4.03. The van der Waals surface area contributed by atoms with E-state index in [9.17, 15) is 18.0 Å². The molecule has 0 atom stereocenters. The van der Waals surface area contributed by atoms with E-state index in [1.165, 1.54) is 6.08 Å². The van der Waals surface area contributed by atoms with Gasteiger partial charge in [-0.3, -0.25) is 10.2 Å². The second-order valence-corrected chi connectivity index (χ2v) is 6.64. The monoisotopic (exact) mass is 395 g/mol. The van der Waals surface area contributed by atoms with E-state index < -0.39 is 23.0 Å². The summed E-state index contributed by atoms with van der Waals surface area (Å²) in [5.41, 5.74) is 1.55. The first kappa shape index (κ1) is 19.2. The molecule has 2 aliphatic rings. The Balaban J connectivity index is 1.89. The molecule has 0 fully saturated rings. The SMILES string of the molecule is CCN(CC)c1ccc(/C=C2\C(=N)N3N=C(C(F)(F)F)SC3=NC2=O)cc1. The molecule has 2 aliphatic heterocycles. The lowest BCUT2D eigenvalue weighted by atomic mass is 10.1. The minimum absolute atomic E-state index is 0.109. The van der Waals surface area contributed by atoms with E-state index in [1.54, 1.807) is 12.1 Å². The minimum atomic E-state index is -4.65. The van der Waals surface area contributed by atoms with Crippen LogP contribution in [0.15, 0.2) is 39.9 Å². The number of nitrogens with one attached hydrogen (secondary N) is 1. The first-order chi connectivity index (χ1) is 12.7. The second-order valence-electron chi connectivity index (χ2n) is 5.69. The average molecular weight is 395 g/mol. The molecule has 0 saturated heterocycles. The van der Waals surface area contributed by atoms with Gasteiger partial charge in [-0.05, 0) is 49.4 Å². The zero-order chi connectivity index (χ0) is 19.8. The van der Waals surface area contributed by atoms with Gasteiger partial charge < -0.3 is 4.90 Å². The van der Waals surface area contributed by atoms with Crippen LogP contribution in [0.25, 0.3) is 6.08 Å². The highest BCUT2D eigenvalue weighted by Crippen LogP contribution is 2.35. The number of thioether (sulfide) groups is 1. The summed E-state index contributed by atoms with van der Waals surface area (Å²) in [4.78, 5) is 18.0. The number of carbonyl (C=O) groups excluding carboxylic acids is 1. The van der Waals surface area contributed by atoms with Crippen molar-refractivity contribution in [2.45, 2.75) is 20.0 Å². The van der Waals surface area contributed by atoms with Crippen molar-refractivity contribution in [3.8, 4) is 0 Å². The number of amides is 1. The van der Waals surface area contributed by atoms with E-state index in [4.69, 9.17) is 5.41 Å². The Labute approximate surface area is 157 Å². The zero-order valence-electron chi connectivity index (χ0n) is 14.5. The van der Waals surface area contributed by atoms with Gasteiger partial charge in [-0.15, -0.1) is 0 Å². The molecule has 0 aliphatic carbocycles. The van der Waals surface area contributed by atoms with Crippen molar-refractivity contribution in [1.29, 1.82) is 5.41 Å². The highest BCUT2D eigenvalue weighted by Gasteiger charge is 2.46. The number of benzene rings is 1. The van der Waals surface area contributed by atoms with Crippen molar-refractivity contribution in [3.63, 3.8) is 0 Å². The maximum atomic E-state index is 12.8. The van der Waals surface area contributed by atoms with Gasteiger partial charge >= 0.3 is 6.18 Å². The number of aliphatic imine (C=N–C) groups is 1. The molecule has 27 heavy (non-hydrogen) atoms. The normalized spacial score (nSPS) is 18.6. The van der Waals surface area contributed by atoms with Crippen LogP contribution in [-0.2, 0) is 4.79 Å². The van der Waals surface area contributed by atoms with Gasteiger partial charge in [0.15, 0.2) is 5.84 Å². The largest absolute Gasteiger partial charge is 0.441 e. The molecular formula is C17H16F3N5OS. The van der Waals surface area contributed by atoms with Gasteiger partial charge in [-0.25, -0.2) is 0 Å². The van der Waals surface area contributed by atoms with Gasteiger partial charge in [-0.1, -0.05) is 12.1 Å². The van der Waals surface area contributed by atoms with E-state index in [2.05, 4.69) is 15.0 Å². The highest BCUT2D eigenvalue weighted by molar-refractivity contribution is 8.27. The van der Waals surface area contributed by atoms with Gasteiger partial charge in [0.25, 0.3) is 5.91 Å². The van der Waals surface area contributed by atoms with Crippen LogP contribution in [0.1, 0.15) is 19.4 Å². The molecule has 2 heterocycles. The summed E-state index contributed by atoms with van der Waals surface area (Å²) in [7, 11) is 0. The van der Waals surface area contributed by atoms with Crippen molar-refractivity contribution in [1.82, 2.24) is 5.01 Å². The number of hydrogen-bond donors (Lipinski definition) is 1. The number of hydrazone groups is 1. The zero-order valence-corrected chi connectivity index (χ0v) is 15.4. The highest BCUT2D eigenvalue weighted by atomic mass is 32.2. The van der Waals surface area contributed by atoms with Gasteiger partial charge in [0, 0.05) is 18.8 Å². The number of alkyl halides is 3. The van der Waals surface area contributed by atoms with Crippen LogP contribution < -0.4 is 4.90 Å². The summed E-state index contributed by atoms with van der Waals surface area (Å²) in [5.74, 6) is -1.19. The number of halogens is 3. The summed E-state index contributed by atoms with van der Waals surface area (Å²) in [6, 6.07) is 7.33. The fraction of sp³-hybridized carbons (Fsp3) is 0.294. The molecule has 10 heteroatoms. The molecule has 0 aromatic heterocycles. The number of fused-ring (bicyclic) bond motifs is 1. The topological polar surface area (TPSA) is 72.1 Å². The number of anilines is 1. The van der Waals surface area contributed by atoms with E-state index in [-0.39, 0.29) is 22.5 Å². The van der Waals surface area contributed by atoms with E-state index >= 15 is 0 Å². The molecule has 0 bridgehead atoms. The molecule has 1 N–H and O–H groups in total. The molecule has 0 saturated carbocycles. The van der Waals surface area contributed by atoms with Crippen molar-refractivity contribution < 1.29 is 18.0 Å². The van der Waals surface area contributed by atoms with Gasteiger partial charge in [0.2, 0.25) is 10.2 Å². The van der Waals surface area contributed by atoms with Crippen LogP contribution in [0, 0.1) is 5.41 Å². The number of hydrogen-bond acceptors (Lipinski definition) is 5. The minimum Gasteiger partial charge on any atom is -0.372 e. The van der Waals surface area contributed by atoms with Crippen LogP contribution in [0.4, 0.5) is 18.9 Å². The van der Waals surface area contributed by atoms with E-state index in [0.717, 1.165) is 23.8 Å². The molecule has 3 rings (SSSR count). The van der Waals surface area contributed by atoms with E-state index in [0.29, 0.717) is 5.56 Å². The fourth-order valence-corrected chi connectivity index (χ4v) is 3.40. The molecule has 0 spiro atoms. The maximum Gasteiger partial charge on any atom is 0.441 e. The summed E-state index contributed by atoms with van der Waals surface area (Å²) in [6.07, 6.45) is -3.22. The summed E-state index contributed by atoms with van der Waals surface area (Å²) in [6.45, 7) is 5.79. The Morgan fingerprint density at radius 1 is 1.22 bits per heavy atom. The maximum absolute atomic E-state index is 12.8. The number of rotatable bonds is 4. The predicted octanol–water partition coefficient (Wildman–Crippen LogP) is 3.71. The van der Waals surface area contributed by atoms with Crippen LogP contribution in [0.5, 0.6) is 0 Å². The van der Waals surface area contributed by atoms with Gasteiger partial charge in [0.1, 0.15) is 0 Å². The number of nitrogens with zero attached hydrogens (tertiary/aromatic N) is 4. The Kier molecular flexibility index (Phi) is 5.09. The standard InChI is InChI=1S/C17H16F3N5OS/c1-3-24(4-2)11-7-5-10(6-8-11)9-12-13(21)25-16(22-14(12)26)27-15(23-25)17(18,19)20/h5-9,21H,3-4H2,1-2H3/b12-9+,21-13?. The van der Waals surface area contributed by atoms with Gasteiger partial charge in [0.05, 0.1) is 5.57 Å². The quantitative estimate of drug-likeness (QED) is 0.789. The molecule has 0 unspecified atom stereocenters. The Morgan fingerprint density at radius 3 is 2.41 bits per heavy atom. The van der Waals surface area contributed by atoms with Crippen LogP contribution in [0.2, 0.25) is 0 Å². The molecule has 0 radical (unpaired) electrons. The Hall–Kier alpha value is -2.62. The van der Waals surface area contributed by atoms with Crippen molar-refractivity contribution >= 4 is 45.5 Å². The molecule has 1 aromatic rings. The third-order valence-corrected chi connectivity index (χ3v) is 4.98. The van der Waals surface area contributed by atoms with E-state index in [1.807, 2.05) is 26.0 Å². The van der Waals surface area contributed by atoms with Crippen LogP contribution >= 0.6 is 11.8 Å². The van der Waals surface area contributed by atoms with Crippen molar-refractivity contribution in [2.75, 3.05) is 18.0 Å². The Bertz CT molecular complexity index is 870. The Morgan fingerprint density at radius 2 is 1.85 bits per heavy atom. The van der Waals surface area contributed by atoms with Crippen LogP contribution in [-0.4, -0.2) is 46.2 Å². The smallest absolute Gasteiger partial charge is 0.372 e. The fourth-order valence-electron chi connectivity index (χ4n) is 2.64. The lowest BCUT2D eigenvalue weighted by Crippen LogP contribution is -2.35. The lowest BCUT2D eigenvalue weighted by molar-refractivity contribution is -0.114. The molecule has 1 aromatic carbocycles. The van der Waals surface area contributed by atoms with Crippen molar-refractivity contribution in [3.05, 3.63) is 35.4 Å². The second kappa shape index (κ2) is 7.18.